The minimum Gasteiger partial charge on any atom is -0.494 e. The van der Waals surface area contributed by atoms with Crippen molar-refractivity contribution in [3.63, 3.8) is 0 Å². The highest BCUT2D eigenvalue weighted by Crippen LogP contribution is 2.20. The molecule has 1 N–H and O–H groups in total. The first-order chi connectivity index (χ1) is 11.3. The fraction of sp³-hybridized carbons (Fsp3) is 0.368. The lowest BCUT2D eigenvalue weighted by Crippen LogP contribution is -2.04. The van der Waals surface area contributed by atoms with E-state index in [0.717, 1.165) is 30.0 Å². The maximum absolute atomic E-state index is 5.60. The van der Waals surface area contributed by atoms with Crippen LogP contribution in [0.25, 0.3) is 0 Å². The van der Waals surface area contributed by atoms with E-state index in [1.807, 2.05) is 37.3 Å². The van der Waals surface area contributed by atoms with Crippen molar-refractivity contribution in [1.82, 2.24) is 0 Å². The van der Waals surface area contributed by atoms with Crippen LogP contribution in [0.1, 0.15) is 30.5 Å². The molecule has 4 nitrogen and oxygen atoms in total. The zero-order valence-corrected chi connectivity index (χ0v) is 14.1. The van der Waals surface area contributed by atoms with Crippen LogP contribution in [0.4, 0.5) is 5.69 Å². The van der Waals surface area contributed by atoms with Crippen LogP contribution in [0.5, 0.6) is 5.75 Å². The lowest BCUT2D eigenvalue weighted by Gasteiger charge is -2.13. The summed E-state index contributed by atoms with van der Waals surface area (Å²) in [6.07, 6.45) is 1.01. The molecule has 2 rings (SSSR count). The van der Waals surface area contributed by atoms with E-state index in [9.17, 15) is 0 Å². The molecule has 0 bridgehead atoms. The van der Waals surface area contributed by atoms with Crippen molar-refractivity contribution in [2.24, 2.45) is 0 Å². The molecule has 23 heavy (non-hydrogen) atoms. The van der Waals surface area contributed by atoms with Gasteiger partial charge in [-0.25, -0.2) is 9.78 Å². The number of hydrogen-bond donors (Lipinski definition) is 1. The Balaban J connectivity index is 2.00. The van der Waals surface area contributed by atoms with Crippen molar-refractivity contribution < 1.29 is 14.5 Å². The van der Waals surface area contributed by atoms with Gasteiger partial charge in [0.1, 0.15) is 12.4 Å². The van der Waals surface area contributed by atoms with Crippen molar-refractivity contribution in [3.8, 4) is 5.75 Å². The lowest BCUT2D eigenvalue weighted by molar-refractivity contribution is -0.282. The molecule has 0 amide bonds. The Bertz CT molecular complexity index is 596. The third kappa shape index (κ3) is 5.27. The molecular formula is C19H25NO3. The smallest absolute Gasteiger partial charge is 0.119 e. The molecule has 0 aliphatic carbocycles. The molecule has 0 saturated heterocycles. The summed E-state index contributed by atoms with van der Waals surface area (Å²) in [6, 6.07) is 14.5. The predicted octanol–water partition coefficient (Wildman–Crippen LogP) is 4.34. The molecular weight excluding hydrogens is 290 g/mol. The Hall–Kier alpha value is -2.04. The average Bonchev–Trinajstić information content (AvgIpc) is 2.59. The number of anilines is 1. The average molecular weight is 315 g/mol. The summed E-state index contributed by atoms with van der Waals surface area (Å²) in [6.45, 7) is 6.08. The summed E-state index contributed by atoms with van der Waals surface area (Å²) in [4.78, 5) is 9.53. The van der Waals surface area contributed by atoms with Crippen molar-refractivity contribution in [3.05, 3.63) is 59.2 Å². The second-order valence-corrected chi connectivity index (χ2v) is 5.20. The van der Waals surface area contributed by atoms with Crippen LogP contribution in [0, 0.1) is 0 Å². The Morgan fingerprint density at radius 2 is 1.74 bits per heavy atom. The highest BCUT2D eigenvalue weighted by molar-refractivity contribution is 5.46. The molecule has 0 aliphatic rings. The SMILES string of the molecule is CCOc1ccc(CC)c(CNc2ccc(COOC)cc2)c1. The van der Waals surface area contributed by atoms with Crippen molar-refractivity contribution in [2.75, 3.05) is 19.0 Å². The third-order valence-electron chi connectivity index (χ3n) is 3.65. The van der Waals surface area contributed by atoms with Gasteiger partial charge in [-0.05, 0) is 54.3 Å². The Morgan fingerprint density at radius 1 is 0.957 bits per heavy atom. The van der Waals surface area contributed by atoms with Gasteiger partial charge in [-0.1, -0.05) is 25.1 Å². The predicted molar refractivity (Wildman–Crippen MR) is 92.6 cm³/mol. The number of rotatable bonds is 9. The van der Waals surface area contributed by atoms with Crippen LogP contribution in [-0.2, 0) is 29.3 Å². The molecule has 2 aromatic carbocycles. The van der Waals surface area contributed by atoms with E-state index in [0.29, 0.717) is 13.2 Å². The van der Waals surface area contributed by atoms with Gasteiger partial charge in [-0.15, -0.1) is 0 Å². The number of aryl methyl sites for hydroxylation is 1. The van der Waals surface area contributed by atoms with Crippen LogP contribution in [0.15, 0.2) is 42.5 Å². The summed E-state index contributed by atoms with van der Waals surface area (Å²) in [7, 11) is 1.51. The summed E-state index contributed by atoms with van der Waals surface area (Å²) in [5, 5.41) is 3.46. The van der Waals surface area contributed by atoms with Crippen LogP contribution in [-0.4, -0.2) is 13.7 Å². The first-order valence-corrected chi connectivity index (χ1v) is 7.99. The van der Waals surface area contributed by atoms with E-state index in [2.05, 4.69) is 29.3 Å². The second-order valence-electron chi connectivity index (χ2n) is 5.20. The molecule has 0 aliphatic heterocycles. The van der Waals surface area contributed by atoms with Gasteiger partial charge in [0.25, 0.3) is 0 Å². The van der Waals surface area contributed by atoms with E-state index in [4.69, 9.17) is 9.62 Å². The monoisotopic (exact) mass is 315 g/mol. The van der Waals surface area contributed by atoms with Crippen molar-refractivity contribution in [1.29, 1.82) is 0 Å². The van der Waals surface area contributed by atoms with Gasteiger partial charge in [0.2, 0.25) is 0 Å². The van der Waals surface area contributed by atoms with Gasteiger partial charge >= 0.3 is 0 Å². The Kier molecular flexibility index (Phi) is 6.91. The van der Waals surface area contributed by atoms with Gasteiger partial charge in [-0.2, -0.15) is 0 Å². The van der Waals surface area contributed by atoms with Crippen LogP contribution < -0.4 is 10.1 Å². The fourth-order valence-electron chi connectivity index (χ4n) is 2.41. The van der Waals surface area contributed by atoms with Crippen molar-refractivity contribution >= 4 is 5.69 Å². The third-order valence-corrected chi connectivity index (χ3v) is 3.65. The van der Waals surface area contributed by atoms with Crippen molar-refractivity contribution in [2.45, 2.75) is 33.4 Å². The van der Waals surface area contributed by atoms with E-state index in [1.54, 1.807) is 0 Å². The minimum absolute atomic E-state index is 0.452. The largest absolute Gasteiger partial charge is 0.494 e. The molecule has 0 saturated carbocycles. The highest BCUT2D eigenvalue weighted by Gasteiger charge is 2.04. The van der Waals surface area contributed by atoms with E-state index in [-0.39, 0.29) is 0 Å². The molecule has 2 aromatic rings. The Labute approximate surface area is 138 Å². The standard InChI is InChI=1S/C19H25NO3/c1-4-16-8-11-19(22-5-2)12-17(16)13-20-18-9-6-15(7-10-18)14-23-21-3/h6-12,20H,4-5,13-14H2,1-3H3. The lowest BCUT2D eigenvalue weighted by atomic mass is 10.0. The zero-order valence-electron chi connectivity index (χ0n) is 14.1. The van der Waals surface area contributed by atoms with Crippen LogP contribution in [0.2, 0.25) is 0 Å². The number of ether oxygens (including phenoxy) is 1. The highest BCUT2D eigenvalue weighted by atomic mass is 17.2. The molecule has 124 valence electrons. The molecule has 0 heterocycles. The van der Waals surface area contributed by atoms with Gasteiger partial charge in [0.15, 0.2) is 0 Å². The molecule has 0 fully saturated rings. The molecule has 0 unspecified atom stereocenters. The zero-order chi connectivity index (χ0) is 16.5. The summed E-state index contributed by atoms with van der Waals surface area (Å²) in [5.41, 5.74) is 4.76. The van der Waals surface area contributed by atoms with E-state index < -0.39 is 0 Å². The topological polar surface area (TPSA) is 39.7 Å². The number of nitrogens with one attached hydrogen (secondary N) is 1. The number of benzene rings is 2. The molecule has 0 spiro atoms. The maximum Gasteiger partial charge on any atom is 0.119 e. The summed E-state index contributed by atoms with van der Waals surface area (Å²) in [5.74, 6) is 0.925. The molecule has 0 atom stereocenters. The normalized spacial score (nSPS) is 10.6. The Morgan fingerprint density at radius 3 is 2.39 bits per heavy atom. The number of hydrogen-bond acceptors (Lipinski definition) is 4. The second kappa shape index (κ2) is 9.18. The molecule has 0 aromatic heterocycles. The first kappa shape index (κ1) is 17.3. The van der Waals surface area contributed by atoms with E-state index >= 15 is 0 Å². The minimum atomic E-state index is 0.452. The maximum atomic E-state index is 5.60. The van der Waals surface area contributed by atoms with Gasteiger partial charge in [-0.3, -0.25) is 0 Å². The molecule has 0 radical (unpaired) electrons. The van der Waals surface area contributed by atoms with Crippen LogP contribution in [0.3, 0.4) is 0 Å². The van der Waals surface area contributed by atoms with Gasteiger partial charge < -0.3 is 10.1 Å². The summed E-state index contributed by atoms with van der Waals surface area (Å²) >= 11 is 0. The molecule has 4 heteroatoms. The quantitative estimate of drug-likeness (QED) is 0.552. The van der Waals surface area contributed by atoms with Gasteiger partial charge in [0.05, 0.1) is 13.7 Å². The van der Waals surface area contributed by atoms with E-state index in [1.165, 1.54) is 18.2 Å². The summed E-state index contributed by atoms with van der Waals surface area (Å²) < 4.78 is 5.60. The van der Waals surface area contributed by atoms with Gasteiger partial charge in [0, 0.05) is 12.2 Å². The fourth-order valence-corrected chi connectivity index (χ4v) is 2.41. The first-order valence-electron chi connectivity index (χ1n) is 7.99. The van der Waals surface area contributed by atoms with Crippen LogP contribution >= 0.6 is 0 Å².